The van der Waals surface area contributed by atoms with Crippen LogP contribution in [-0.2, 0) is 6.42 Å². The number of likely N-dealkylation sites (N-methyl/N-ethyl adjacent to an activating group) is 1. The van der Waals surface area contributed by atoms with Gasteiger partial charge in [-0.1, -0.05) is 19.9 Å². The second-order valence-electron chi connectivity index (χ2n) is 4.52. The molecule has 0 aliphatic carbocycles. The van der Waals surface area contributed by atoms with E-state index in [0.29, 0.717) is 6.04 Å². The Labute approximate surface area is 93.1 Å². The second kappa shape index (κ2) is 6.57. The zero-order valence-corrected chi connectivity index (χ0v) is 10.0. The predicted octanol–water partition coefficient (Wildman–Crippen LogP) is 2.65. The van der Waals surface area contributed by atoms with Gasteiger partial charge in [0.2, 0.25) is 0 Å². The number of pyridine rings is 1. The van der Waals surface area contributed by atoms with Crippen LogP contribution in [0, 0.1) is 5.92 Å². The third kappa shape index (κ3) is 4.93. The van der Waals surface area contributed by atoms with Gasteiger partial charge >= 0.3 is 0 Å². The highest BCUT2D eigenvalue weighted by Gasteiger charge is 2.07. The summed E-state index contributed by atoms with van der Waals surface area (Å²) in [6, 6.07) is 4.73. The molecule has 0 amide bonds. The van der Waals surface area contributed by atoms with Gasteiger partial charge in [-0.15, -0.1) is 0 Å². The quantitative estimate of drug-likeness (QED) is 0.774. The van der Waals surface area contributed by atoms with Crippen molar-refractivity contribution in [2.24, 2.45) is 5.92 Å². The van der Waals surface area contributed by atoms with E-state index < -0.39 is 0 Å². The Morgan fingerprint density at radius 3 is 2.67 bits per heavy atom. The third-order valence-electron chi connectivity index (χ3n) is 2.71. The van der Waals surface area contributed by atoms with Crippen LogP contribution in [-0.4, -0.2) is 18.1 Å². The molecule has 2 nitrogen and oxygen atoms in total. The van der Waals surface area contributed by atoms with Crippen molar-refractivity contribution in [1.29, 1.82) is 0 Å². The van der Waals surface area contributed by atoms with E-state index in [1.54, 1.807) is 0 Å². The van der Waals surface area contributed by atoms with E-state index in [2.05, 4.69) is 30.2 Å². The largest absolute Gasteiger partial charge is 0.317 e. The van der Waals surface area contributed by atoms with Gasteiger partial charge in [0.05, 0.1) is 0 Å². The molecule has 0 radical (unpaired) electrons. The second-order valence-corrected chi connectivity index (χ2v) is 4.52. The molecule has 1 aromatic heterocycles. The maximum atomic E-state index is 4.14. The molecule has 1 aromatic rings. The van der Waals surface area contributed by atoms with Crippen LogP contribution in [0.3, 0.4) is 0 Å². The Hall–Kier alpha value is -0.890. The minimum absolute atomic E-state index is 0.580. The van der Waals surface area contributed by atoms with E-state index in [1.807, 2.05) is 25.5 Å². The van der Waals surface area contributed by atoms with Crippen LogP contribution < -0.4 is 5.32 Å². The van der Waals surface area contributed by atoms with Crippen LogP contribution >= 0.6 is 0 Å². The minimum Gasteiger partial charge on any atom is -0.317 e. The number of rotatable bonds is 6. The van der Waals surface area contributed by atoms with Crippen LogP contribution in [0.4, 0.5) is 0 Å². The fourth-order valence-electron chi connectivity index (χ4n) is 1.69. The average Bonchev–Trinajstić information content (AvgIpc) is 2.25. The summed E-state index contributed by atoms with van der Waals surface area (Å²) in [6.07, 6.45) is 7.39. The molecule has 84 valence electrons. The summed E-state index contributed by atoms with van der Waals surface area (Å²) in [7, 11) is 2.04. The van der Waals surface area contributed by atoms with Crippen molar-refractivity contribution < 1.29 is 0 Å². The molecule has 0 saturated heterocycles. The molecule has 0 spiro atoms. The summed E-state index contributed by atoms with van der Waals surface area (Å²) >= 11 is 0. The van der Waals surface area contributed by atoms with Crippen LogP contribution in [0.1, 0.15) is 32.3 Å². The molecular weight excluding hydrogens is 184 g/mol. The van der Waals surface area contributed by atoms with Crippen molar-refractivity contribution in [2.75, 3.05) is 7.05 Å². The van der Waals surface area contributed by atoms with Gasteiger partial charge in [0.15, 0.2) is 0 Å². The van der Waals surface area contributed by atoms with Gasteiger partial charge in [0, 0.05) is 18.4 Å². The number of hydrogen-bond acceptors (Lipinski definition) is 2. The molecule has 1 atom stereocenters. The van der Waals surface area contributed by atoms with Crippen LogP contribution in [0.15, 0.2) is 24.5 Å². The Balaban J connectivity index is 2.40. The van der Waals surface area contributed by atoms with Gasteiger partial charge in [-0.2, -0.15) is 0 Å². The Kier molecular flexibility index (Phi) is 5.33. The maximum Gasteiger partial charge on any atom is 0.0300 e. The van der Waals surface area contributed by atoms with Crippen molar-refractivity contribution in [3.8, 4) is 0 Å². The van der Waals surface area contributed by atoms with Crippen molar-refractivity contribution in [3.63, 3.8) is 0 Å². The summed E-state index contributed by atoms with van der Waals surface area (Å²) in [5.74, 6) is 0.787. The zero-order chi connectivity index (χ0) is 11.1. The van der Waals surface area contributed by atoms with Gasteiger partial charge in [-0.05, 0) is 43.9 Å². The third-order valence-corrected chi connectivity index (χ3v) is 2.71. The highest BCUT2D eigenvalue weighted by molar-refractivity contribution is 5.10. The first-order valence-corrected chi connectivity index (χ1v) is 5.78. The predicted molar refractivity (Wildman–Crippen MR) is 64.9 cm³/mol. The van der Waals surface area contributed by atoms with Crippen molar-refractivity contribution >= 4 is 0 Å². The molecule has 0 fully saturated rings. The molecule has 1 N–H and O–H groups in total. The molecular formula is C13H22N2. The number of nitrogens with one attached hydrogen (secondary N) is 1. The van der Waals surface area contributed by atoms with E-state index >= 15 is 0 Å². The number of nitrogens with zero attached hydrogens (tertiary/aromatic N) is 1. The van der Waals surface area contributed by atoms with Crippen molar-refractivity contribution in [3.05, 3.63) is 30.1 Å². The maximum absolute atomic E-state index is 4.14. The Morgan fingerprint density at radius 2 is 2.13 bits per heavy atom. The number of hydrogen-bond donors (Lipinski definition) is 1. The van der Waals surface area contributed by atoms with Gasteiger partial charge in [-0.25, -0.2) is 0 Å². The average molecular weight is 206 g/mol. The summed E-state index contributed by atoms with van der Waals surface area (Å²) in [6.45, 7) is 4.55. The smallest absolute Gasteiger partial charge is 0.0300 e. The summed E-state index contributed by atoms with van der Waals surface area (Å²) in [5, 5.41) is 3.38. The zero-order valence-electron chi connectivity index (χ0n) is 10.0. The van der Waals surface area contributed by atoms with Crippen molar-refractivity contribution in [2.45, 2.75) is 39.2 Å². The lowest BCUT2D eigenvalue weighted by molar-refractivity contribution is 0.450. The fraction of sp³-hybridized carbons (Fsp3) is 0.615. The molecule has 1 rings (SSSR count). The molecule has 15 heavy (non-hydrogen) atoms. The van der Waals surface area contributed by atoms with E-state index in [0.717, 1.165) is 12.3 Å². The van der Waals surface area contributed by atoms with Crippen molar-refractivity contribution in [1.82, 2.24) is 10.3 Å². The molecule has 0 aromatic carbocycles. The normalized spacial score (nSPS) is 13.1. The van der Waals surface area contributed by atoms with Crippen LogP contribution in [0.2, 0.25) is 0 Å². The fourth-order valence-corrected chi connectivity index (χ4v) is 1.69. The highest BCUT2D eigenvalue weighted by Crippen LogP contribution is 2.10. The Morgan fingerprint density at radius 1 is 1.33 bits per heavy atom. The topological polar surface area (TPSA) is 24.9 Å². The SMILES string of the molecule is CNC(CCC(C)C)Cc1cccnc1. The van der Waals surface area contributed by atoms with E-state index in [4.69, 9.17) is 0 Å². The van der Waals surface area contributed by atoms with Gasteiger partial charge in [0.25, 0.3) is 0 Å². The first kappa shape index (κ1) is 12.2. The standard InChI is InChI=1S/C13H22N2/c1-11(2)6-7-13(14-3)9-12-5-4-8-15-10-12/h4-5,8,10-11,13-14H,6-7,9H2,1-3H3. The van der Waals surface area contributed by atoms with Gasteiger partial charge in [0.1, 0.15) is 0 Å². The molecule has 2 heteroatoms. The highest BCUT2D eigenvalue weighted by atomic mass is 14.9. The lowest BCUT2D eigenvalue weighted by atomic mass is 9.99. The van der Waals surface area contributed by atoms with Gasteiger partial charge in [-0.3, -0.25) is 4.98 Å². The van der Waals surface area contributed by atoms with E-state index in [1.165, 1.54) is 18.4 Å². The van der Waals surface area contributed by atoms with Crippen LogP contribution in [0.25, 0.3) is 0 Å². The van der Waals surface area contributed by atoms with E-state index in [-0.39, 0.29) is 0 Å². The molecule has 0 bridgehead atoms. The van der Waals surface area contributed by atoms with E-state index in [9.17, 15) is 0 Å². The Bertz CT molecular complexity index is 256. The molecule has 0 aliphatic rings. The minimum atomic E-state index is 0.580. The molecule has 0 saturated carbocycles. The lowest BCUT2D eigenvalue weighted by Crippen LogP contribution is -2.27. The van der Waals surface area contributed by atoms with Crippen LogP contribution in [0.5, 0.6) is 0 Å². The monoisotopic (exact) mass is 206 g/mol. The summed E-state index contributed by atoms with van der Waals surface area (Å²) in [5.41, 5.74) is 1.32. The lowest BCUT2D eigenvalue weighted by Gasteiger charge is -2.17. The molecule has 1 heterocycles. The number of aromatic nitrogens is 1. The first-order valence-electron chi connectivity index (χ1n) is 5.78. The summed E-state index contributed by atoms with van der Waals surface area (Å²) in [4.78, 5) is 4.14. The molecule has 1 unspecified atom stereocenters. The summed E-state index contributed by atoms with van der Waals surface area (Å²) < 4.78 is 0. The van der Waals surface area contributed by atoms with Gasteiger partial charge < -0.3 is 5.32 Å². The molecule has 0 aliphatic heterocycles. The first-order chi connectivity index (χ1) is 7.22.